The Bertz CT molecular complexity index is 284. The van der Waals surface area contributed by atoms with Crippen molar-refractivity contribution in [2.45, 2.75) is 25.2 Å². The van der Waals surface area contributed by atoms with Gasteiger partial charge in [0, 0.05) is 20.0 Å². The number of nitrogens with one attached hydrogen (secondary N) is 1. The Morgan fingerprint density at radius 1 is 1.35 bits per heavy atom. The SMILES string of the molecule is COC(=O)CN1C[C@@H](O)C(NC(C)=O)[C@@H](O)C1. The van der Waals surface area contributed by atoms with Crippen molar-refractivity contribution in [3.05, 3.63) is 0 Å². The fraction of sp³-hybridized carbons (Fsp3) is 0.800. The number of nitrogens with zero attached hydrogens (tertiary/aromatic N) is 1. The Hall–Kier alpha value is -1.18. The average molecular weight is 246 g/mol. The molecule has 17 heavy (non-hydrogen) atoms. The van der Waals surface area contributed by atoms with E-state index in [-0.39, 0.29) is 25.5 Å². The molecular formula is C10H18N2O5. The number of likely N-dealkylation sites (tertiary alicyclic amines) is 1. The van der Waals surface area contributed by atoms with E-state index in [2.05, 4.69) is 10.1 Å². The highest BCUT2D eigenvalue weighted by Gasteiger charge is 2.35. The van der Waals surface area contributed by atoms with Gasteiger partial charge in [-0.1, -0.05) is 0 Å². The van der Waals surface area contributed by atoms with Gasteiger partial charge in [0.1, 0.15) is 0 Å². The van der Waals surface area contributed by atoms with Crippen LogP contribution in [0, 0.1) is 0 Å². The number of esters is 1. The van der Waals surface area contributed by atoms with E-state index in [1.54, 1.807) is 4.90 Å². The van der Waals surface area contributed by atoms with Gasteiger partial charge < -0.3 is 20.3 Å². The first kappa shape index (κ1) is 13.9. The van der Waals surface area contributed by atoms with Gasteiger partial charge in [0.05, 0.1) is 31.9 Å². The van der Waals surface area contributed by atoms with Crippen LogP contribution in [0.25, 0.3) is 0 Å². The first-order valence-corrected chi connectivity index (χ1v) is 5.36. The van der Waals surface area contributed by atoms with Crippen LogP contribution in [-0.4, -0.2) is 72.0 Å². The number of hydrogen-bond acceptors (Lipinski definition) is 6. The highest BCUT2D eigenvalue weighted by molar-refractivity contribution is 5.73. The van der Waals surface area contributed by atoms with Crippen LogP contribution in [0.2, 0.25) is 0 Å². The molecule has 0 aromatic heterocycles. The average Bonchev–Trinajstić information content (AvgIpc) is 2.23. The van der Waals surface area contributed by atoms with Crippen molar-refractivity contribution in [2.24, 2.45) is 0 Å². The number of rotatable bonds is 3. The van der Waals surface area contributed by atoms with E-state index < -0.39 is 24.2 Å². The summed E-state index contributed by atoms with van der Waals surface area (Å²) in [4.78, 5) is 23.5. The molecule has 1 fully saturated rings. The molecule has 0 aliphatic carbocycles. The third-order valence-electron chi connectivity index (χ3n) is 2.67. The molecule has 0 aromatic carbocycles. The summed E-state index contributed by atoms with van der Waals surface area (Å²) < 4.78 is 4.50. The lowest BCUT2D eigenvalue weighted by Crippen LogP contribution is -2.62. The van der Waals surface area contributed by atoms with Crippen molar-refractivity contribution < 1.29 is 24.5 Å². The normalized spacial score (nSPS) is 29.8. The van der Waals surface area contributed by atoms with E-state index in [1.807, 2.05) is 0 Å². The molecule has 0 spiro atoms. The number of amides is 1. The molecule has 1 aliphatic heterocycles. The number of aliphatic hydroxyl groups excluding tert-OH is 2. The van der Waals surface area contributed by atoms with Crippen molar-refractivity contribution in [3.8, 4) is 0 Å². The minimum Gasteiger partial charge on any atom is -0.468 e. The van der Waals surface area contributed by atoms with Crippen LogP contribution in [0.3, 0.4) is 0 Å². The van der Waals surface area contributed by atoms with Crippen LogP contribution in [0.4, 0.5) is 0 Å². The summed E-state index contributed by atoms with van der Waals surface area (Å²) in [5.41, 5.74) is 0. The molecule has 0 saturated carbocycles. The second kappa shape index (κ2) is 5.95. The summed E-state index contributed by atoms with van der Waals surface area (Å²) in [5.74, 6) is -0.739. The fourth-order valence-electron chi connectivity index (χ4n) is 1.89. The molecule has 1 aliphatic rings. The molecule has 1 saturated heterocycles. The first-order valence-electron chi connectivity index (χ1n) is 5.36. The lowest BCUT2D eigenvalue weighted by molar-refractivity contribution is -0.144. The van der Waals surface area contributed by atoms with Crippen molar-refractivity contribution in [1.82, 2.24) is 10.2 Å². The maximum Gasteiger partial charge on any atom is 0.319 e. The number of aliphatic hydroxyl groups is 2. The third-order valence-corrected chi connectivity index (χ3v) is 2.67. The molecule has 7 nitrogen and oxygen atoms in total. The number of methoxy groups -OCH3 is 1. The van der Waals surface area contributed by atoms with Gasteiger partial charge in [-0.05, 0) is 0 Å². The van der Waals surface area contributed by atoms with Crippen molar-refractivity contribution in [1.29, 1.82) is 0 Å². The smallest absolute Gasteiger partial charge is 0.319 e. The van der Waals surface area contributed by atoms with Crippen molar-refractivity contribution in [3.63, 3.8) is 0 Å². The number of β-amino-alcohol motifs (C(OH)–C–C–N with tert-alkyl or cyclic N) is 2. The molecule has 1 rings (SSSR count). The van der Waals surface area contributed by atoms with Gasteiger partial charge in [0.25, 0.3) is 0 Å². The van der Waals surface area contributed by atoms with Gasteiger partial charge in [0.15, 0.2) is 0 Å². The van der Waals surface area contributed by atoms with E-state index in [0.717, 1.165) is 0 Å². The van der Waals surface area contributed by atoms with E-state index >= 15 is 0 Å². The van der Waals surface area contributed by atoms with E-state index in [0.29, 0.717) is 0 Å². The number of carbonyl (C=O) groups is 2. The van der Waals surface area contributed by atoms with Crippen LogP contribution >= 0.6 is 0 Å². The maximum absolute atomic E-state index is 11.1. The van der Waals surface area contributed by atoms with Crippen LogP contribution in [0.5, 0.6) is 0 Å². The first-order chi connectivity index (χ1) is 7.93. The Morgan fingerprint density at radius 2 is 1.88 bits per heavy atom. The molecular weight excluding hydrogens is 228 g/mol. The van der Waals surface area contributed by atoms with E-state index in [4.69, 9.17) is 0 Å². The summed E-state index contributed by atoms with van der Waals surface area (Å²) in [7, 11) is 1.28. The summed E-state index contributed by atoms with van der Waals surface area (Å²) in [5, 5.41) is 22.0. The topological polar surface area (TPSA) is 99.1 Å². The van der Waals surface area contributed by atoms with Crippen LogP contribution < -0.4 is 5.32 Å². The Morgan fingerprint density at radius 3 is 2.29 bits per heavy atom. The molecule has 1 unspecified atom stereocenters. The fourth-order valence-corrected chi connectivity index (χ4v) is 1.89. The molecule has 0 aromatic rings. The van der Waals surface area contributed by atoms with Gasteiger partial charge >= 0.3 is 5.97 Å². The van der Waals surface area contributed by atoms with Gasteiger partial charge in [-0.25, -0.2) is 0 Å². The molecule has 3 atom stereocenters. The second-order valence-electron chi connectivity index (χ2n) is 4.13. The molecule has 1 heterocycles. The third kappa shape index (κ3) is 3.95. The molecule has 0 radical (unpaired) electrons. The quantitative estimate of drug-likeness (QED) is 0.484. The number of hydrogen-bond donors (Lipinski definition) is 3. The van der Waals surface area contributed by atoms with Gasteiger partial charge in [-0.2, -0.15) is 0 Å². The highest BCUT2D eigenvalue weighted by atomic mass is 16.5. The van der Waals surface area contributed by atoms with E-state index in [9.17, 15) is 19.8 Å². The van der Waals surface area contributed by atoms with Gasteiger partial charge in [0.2, 0.25) is 5.91 Å². The van der Waals surface area contributed by atoms with Crippen molar-refractivity contribution in [2.75, 3.05) is 26.7 Å². The zero-order valence-corrected chi connectivity index (χ0v) is 9.92. The van der Waals surface area contributed by atoms with Crippen LogP contribution in [-0.2, 0) is 14.3 Å². The van der Waals surface area contributed by atoms with Crippen LogP contribution in [0.15, 0.2) is 0 Å². The van der Waals surface area contributed by atoms with Gasteiger partial charge in [-0.3, -0.25) is 14.5 Å². The molecule has 98 valence electrons. The second-order valence-corrected chi connectivity index (χ2v) is 4.13. The number of carbonyl (C=O) groups excluding carboxylic acids is 2. The summed E-state index contributed by atoms with van der Waals surface area (Å²) in [6.07, 6.45) is -1.82. The Labute approximate surface area is 99.4 Å². The maximum atomic E-state index is 11.1. The van der Waals surface area contributed by atoms with Crippen LogP contribution in [0.1, 0.15) is 6.92 Å². The monoisotopic (exact) mass is 246 g/mol. The Kier molecular flexibility index (Phi) is 4.86. The highest BCUT2D eigenvalue weighted by Crippen LogP contribution is 2.12. The lowest BCUT2D eigenvalue weighted by atomic mass is 9.99. The lowest BCUT2D eigenvalue weighted by Gasteiger charge is -2.38. The summed E-state index contributed by atoms with van der Waals surface area (Å²) >= 11 is 0. The summed E-state index contributed by atoms with van der Waals surface area (Å²) in [6, 6.07) is -0.693. The molecule has 3 N–H and O–H groups in total. The number of piperidine rings is 1. The standard InChI is InChI=1S/C10H18N2O5/c1-6(13)11-10-7(14)3-12(4-8(10)15)5-9(16)17-2/h7-8,10,14-15H,3-5H2,1-2H3,(H,11,13)/t7-,8+,10?. The van der Waals surface area contributed by atoms with Gasteiger partial charge in [-0.15, -0.1) is 0 Å². The predicted molar refractivity (Wildman–Crippen MR) is 58.1 cm³/mol. The van der Waals surface area contributed by atoms with Crippen molar-refractivity contribution >= 4 is 11.9 Å². The summed E-state index contributed by atoms with van der Waals surface area (Å²) in [6.45, 7) is 1.74. The largest absolute Gasteiger partial charge is 0.468 e. The zero-order chi connectivity index (χ0) is 13.0. The minimum absolute atomic E-state index is 0.0113. The molecule has 0 bridgehead atoms. The van der Waals surface area contributed by atoms with E-state index in [1.165, 1.54) is 14.0 Å². The Balaban J connectivity index is 2.54. The zero-order valence-electron chi connectivity index (χ0n) is 9.92. The predicted octanol–water partition coefficient (Wildman–Crippen LogP) is -2.30. The number of ether oxygens (including phenoxy) is 1. The molecule has 7 heteroatoms. The minimum atomic E-state index is -0.910. The molecule has 1 amide bonds.